The fraction of sp³-hybridized carbons (Fsp3) is 0.533. The first kappa shape index (κ1) is 14.6. The summed E-state index contributed by atoms with van der Waals surface area (Å²) in [6, 6.07) is 7.56. The normalized spacial score (nSPS) is 34.6. The van der Waals surface area contributed by atoms with E-state index in [2.05, 4.69) is 22.6 Å². The van der Waals surface area contributed by atoms with E-state index in [1.54, 1.807) is 0 Å². The summed E-state index contributed by atoms with van der Waals surface area (Å²) in [6.07, 6.45) is 1.30. The molecule has 1 atom stereocenters. The van der Waals surface area contributed by atoms with E-state index in [9.17, 15) is 4.79 Å². The molecule has 4 rings (SSSR count). The first-order valence-corrected chi connectivity index (χ1v) is 8.62. The minimum absolute atomic E-state index is 0.127. The van der Waals surface area contributed by atoms with Crippen molar-refractivity contribution in [2.45, 2.75) is 31.5 Å². The molecule has 1 aliphatic carbocycles. The maximum absolute atomic E-state index is 12.4. The Morgan fingerprint density at radius 2 is 2.10 bits per heavy atom. The summed E-state index contributed by atoms with van der Waals surface area (Å²) in [6.45, 7) is 2.25. The highest BCUT2D eigenvalue weighted by atomic mass is 127. The third kappa shape index (κ3) is 2.07. The quantitative estimate of drug-likeness (QED) is 0.432. The van der Waals surface area contributed by atoms with Crippen LogP contribution in [-0.2, 0) is 14.3 Å². The summed E-state index contributed by atoms with van der Waals surface area (Å²) in [5.41, 5.74) is 0.346. The lowest BCUT2D eigenvalue weighted by atomic mass is 9.60. The van der Waals surface area contributed by atoms with Gasteiger partial charge in [-0.25, -0.2) is 0 Å². The third-order valence-electron chi connectivity index (χ3n) is 4.24. The highest BCUT2D eigenvalue weighted by Gasteiger charge is 2.71. The van der Waals surface area contributed by atoms with Crippen LogP contribution in [0.15, 0.2) is 24.3 Å². The Balaban J connectivity index is 1.93. The lowest BCUT2D eigenvalue weighted by molar-refractivity contribution is -0.161. The van der Waals surface area contributed by atoms with Crippen molar-refractivity contribution in [3.63, 3.8) is 0 Å². The van der Waals surface area contributed by atoms with Crippen LogP contribution in [0, 0.1) is 5.41 Å². The molecule has 2 heterocycles. The number of carbonyl (C=O) groups is 1. The highest BCUT2D eigenvalue weighted by Crippen LogP contribution is 2.68. The third-order valence-corrected chi connectivity index (χ3v) is 5.89. The van der Waals surface area contributed by atoms with Gasteiger partial charge < -0.3 is 9.47 Å². The van der Waals surface area contributed by atoms with Crippen LogP contribution in [0.1, 0.15) is 31.4 Å². The molecule has 1 unspecified atom stereocenters. The van der Waals surface area contributed by atoms with Crippen molar-refractivity contribution >= 4 is 40.2 Å². The zero-order valence-electron chi connectivity index (χ0n) is 11.2. The van der Waals surface area contributed by atoms with Gasteiger partial charge in [0.2, 0.25) is 0 Å². The van der Waals surface area contributed by atoms with E-state index in [4.69, 9.17) is 21.1 Å². The molecule has 3 aliphatic rings. The standard InChI is InChI=1S/C15H16ClIO3/c1-2-19-13(18)15-7-14(8-15,9-17)20-12(15)10-3-5-11(16)6-4-10/h3-6,12H,2,7-9H2,1H3. The molecule has 3 nitrogen and oxygen atoms in total. The molecule has 2 saturated heterocycles. The molecule has 0 radical (unpaired) electrons. The van der Waals surface area contributed by atoms with Crippen molar-refractivity contribution in [3.05, 3.63) is 34.9 Å². The number of hydrogen-bond acceptors (Lipinski definition) is 3. The molecule has 2 aliphatic heterocycles. The highest BCUT2D eigenvalue weighted by molar-refractivity contribution is 14.1. The van der Waals surface area contributed by atoms with Crippen molar-refractivity contribution < 1.29 is 14.3 Å². The van der Waals surface area contributed by atoms with Crippen LogP contribution in [0.5, 0.6) is 0 Å². The van der Waals surface area contributed by atoms with Gasteiger partial charge in [0.05, 0.1) is 18.3 Å². The SMILES string of the molecule is CCOC(=O)C12CC(CI)(C1)OC2c1ccc(Cl)cc1. The van der Waals surface area contributed by atoms with E-state index < -0.39 is 5.41 Å². The molecule has 108 valence electrons. The lowest BCUT2D eigenvalue weighted by Crippen LogP contribution is -2.50. The van der Waals surface area contributed by atoms with Crippen molar-refractivity contribution in [2.75, 3.05) is 11.0 Å². The molecule has 1 aromatic carbocycles. The number of esters is 1. The molecule has 5 heteroatoms. The molecule has 2 bridgehead atoms. The summed E-state index contributed by atoms with van der Waals surface area (Å²) in [5, 5.41) is 0.688. The van der Waals surface area contributed by atoms with E-state index in [0.717, 1.165) is 22.8 Å². The molecule has 0 spiro atoms. The molecule has 1 saturated carbocycles. The van der Waals surface area contributed by atoms with E-state index in [-0.39, 0.29) is 17.7 Å². The average Bonchev–Trinajstić information content (AvgIpc) is 2.91. The topological polar surface area (TPSA) is 35.5 Å². The molecule has 20 heavy (non-hydrogen) atoms. The van der Waals surface area contributed by atoms with Crippen molar-refractivity contribution in [1.29, 1.82) is 0 Å². The van der Waals surface area contributed by atoms with Crippen LogP contribution < -0.4 is 0 Å². The van der Waals surface area contributed by atoms with Crippen molar-refractivity contribution in [1.82, 2.24) is 0 Å². The summed E-state index contributed by atoms with van der Waals surface area (Å²) < 4.78 is 12.4. The second kappa shape index (κ2) is 5.14. The van der Waals surface area contributed by atoms with Gasteiger partial charge in [0.15, 0.2) is 0 Å². The number of ether oxygens (including phenoxy) is 2. The van der Waals surface area contributed by atoms with Crippen LogP contribution in [-0.4, -0.2) is 22.6 Å². The molecular weight excluding hydrogens is 391 g/mol. The fourth-order valence-electron chi connectivity index (χ4n) is 3.41. The van der Waals surface area contributed by atoms with Crippen LogP contribution >= 0.6 is 34.2 Å². The van der Waals surface area contributed by atoms with Crippen LogP contribution in [0.2, 0.25) is 5.02 Å². The summed E-state index contributed by atoms with van der Waals surface area (Å²) in [7, 11) is 0. The van der Waals surface area contributed by atoms with Gasteiger partial charge in [-0.15, -0.1) is 0 Å². The Hall–Kier alpha value is -0.330. The Labute approximate surface area is 137 Å². The zero-order chi connectivity index (χ0) is 14.4. The second-order valence-electron chi connectivity index (χ2n) is 5.60. The molecule has 1 aromatic rings. The Morgan fingerprint density at radius 1 is 1.45 bits per heavy atom. The number of halogens is 2. The minimum Gasteiger partial charge on any atom is -0.465 e. The summed E-state index contributed by atoms with van der Waals surface area (Å²) in [5.74, 6) is -0.127. The Bertz CT molecular complexity index is 522. The maximum Gasteiger partial charge on any atom is 0.315 e. The first-order valence-electron chi connectivity index (χ1n) is 6.72. The minimum atomic E-state index is -0.505. The van der Waals surface area contributed by atoms with Gasteiger partial charge in [0.1, 0.15) is 5.41 Å². The van der Waals surface area contributed by atoms with Gasteiger partial charge in [-0.2, -0.15) is 0 Å². The monoisotopic (exact) mass is 406 g/mol. The van der Waals surface area contributed by atoms with Crippen LogP contribution in [0.3, 0.4) is 0 Å². The first-order chi connectivity index (χ1) is 9.55. The molecule has 0 N–H and O–H groups in total. The Morgan fingerprint density at radius 3 is 2.65 bits per heavy atom. The molecule has 3 fully saturated rings. The van der Waals surface area contributed by atoms with Gasteiger partial charge in [-0.1, -0.05) is 46.3 Å². The van der Waals surface area contributed by atoms with Crippen molar-refractivity contribution in [3.8, 4) is 0 Å². The second-order valence-corrected chi connectivity index (χ2v) is 6.80. The number of fused-ring (bicyclic) bond motifs is 1. The fourth-order valence-corrected chi connectivity index (χ4v) is 4.25. The Kier molecular flexibility index (Phi) is 3.75. The molecule has 0 amide bonds. The van der Waals surface area contributed by atoms with Gasteiger partial charge in [0.25, 0.3) is 0 Å². The predicted octanol–water partition coefficient (Wildman–Crippen LogP) is 3.93. The van der Waals surface area contributed by atoms with E-state index in [0.29, 0.717) is 11.6 Å². The van der Waals surface area contributed by atoms with E-state index in [1.807, 2.05) is 31.2 Å². The number of rotatable bonds is 4. The lowest BCUT2D eigenvalue weighted by Gasteiger charge is -2.42. The molecular formula is C15H16ClIO3. The largest absolute Gasteiger partial charge is 0.465 e. The van der Waals surface area contributed by atoms with Gasteiger partial charge in [-0.3, -0.25) is 4.79 Å². The van der Waals surface area contributed by atoms with Crippen LogP contribution in [0.25, 0.3) is 0 Å². The number of benzene rings is 1. The maximum atomic E-state index is 12.4. The van der Waals surface area contributed by atoms with E-state index in [1.165, 1.54) is 0 Å². The van der Waals surface area contributed by atoms with Crippen LogP contribution in [0.4, 0.5) is 0 Å². The smallest absolute Gasteiger partial charge is 0.315 e. The van der Waals surface area contributed by atoms with E-state index >= 15 is 0 Å². The summed E-state index contributed by atoms with van der Waals surface area (Å²) in [4.78, 5) is 12.4. The molecule has 0 aromatic heterocycles. The van der Waals surface area contributed by atoms with Gasteiger partial charge in [-0.05, 0) is 37.5 Å². The number of carbonyl (C=O) groups excluding carboxylic acids is 1. The zero-order valence-corrected chi connectivity index (χ0v) is 14.1. The average molecular weight is 407 g/mol. The number of alkyl halides is 1. The van der Waals surface area contributed by atoms with Crippen molar-refractivity contribution in [2.24, 2.45) is 5.41 Å². The predicted molar refractivity (Wildman–Crippen MR) is 85.2 cm³/mol. The van der Waals surface area contributed by atoms with Gasteiger partial charge >= 0.3 is 5.97 Å². The number of hydrogen-bond donors (Lipinski definition) is 0. The summed E-state index contributed by atoms with van der Waals surface area (Å²) >= 11 is 8.27. The van der Waals surface area contributed by atoms with Gasteiger partial charge in [0, 0.05) is 9.45 Å².